The molecule has 3 aromatic rings. The Morgan fingerprint density at radius 3 is 2.35 bits per heavy atom. The summed E-state index contributed by atoms with van der Waals surface area (Å²) in [6.07, 6.45) is 0. The van der Waals surface area contributed by atoms with Gasteiger partial charge in [-0.05, 0) is 35.9 Å². The van der Waals surface area contributed by atoms with Crippen LogP contribution < -0.4 is 15.0 Å². The SMILES string of the molecule is O=C(COc1ccc([N+](=O)[O-])cc1Cl)Nc1ccc(N2CCN(Cc3ccccc3)CC2)cc1. The van der Waals surface area contributed by atoms with Crippen molar-refractivity contribution in [1.82, 2.24) is 4.90 Å². The monoisotopic (exact) mass is 480 g/mol. The zero-order valence-corrected chi connectivity index (χ0v) is 19.3. The van der Waals surface area contributed by atoms with Crippen LogP contribution in [0.3, 0.4) is 0 Å². The second-order valence-electron chi connectivity index (χ2n) is 8.00. The molecule has 0 atom stereocenters. The van der Waals surface area contributed by atoms with Gasteiger partial charge in [0, 0.05) is 56.2 Å². The summed E-state index contributed by atoms with van der Waals surface area (Å²) in [5.41, 5.74) is 2.97. The minimum atomic E-state index is -0.545. The van der Waals surface area contributed by atoms with E-state index >= 15 is 0 Å². The van der Waals surface area contributed by atoms with Gasteiger partial charge in [0.15, 0.2) is 6.61 Å². The van der Waals surface area contributed by atoms with E-state index in [1.165, 1.54) is 23.8 Å². The van der Waals surface area contributed by atoms with Crippen molar-refractivity contribution in [1.29, 1.82) is 0 Å². The fraction of sp³-hybridized carbons (Fsp3) is 0.240. The number of nitro groups is 1. The first-order chi connectivity index (χ1) is 16.5. The zero-order chi connectivity index (χ0) is 23.9. The van der Waals surface area contributed by atoms with Gasteiger partial charge in [-0.2, -0.15) is 0 Å². The van der Waals surface area contributed by atoms with Crippen LogP contribution in [0.15, 0.2) is 72.8 Å². The standard InChI is InChI=1S/C25H25ClN4O4/c26-23-16-22(30(32)33)10-11-24(23)34-18-25(31)27-20-6-8-21(9-7-20)29-14-12-28(13-15-29)17-19-4-2-1-3-5-19/h1-11,16H,12-15,17-18H2,(H,27,31). The average molecular weight is 481 g/mol. The van der Waals surface area contributed by atoms with Crippen molar-refractivity contribution < 1.29 is 14.5 Å². The number of carbonyl (C=O) groups is 1. The lowest BCUT2D eigenvalue weighted by Crippen LogP contribution is -2.45. The Labute approximate surface area is 202 Å². The third kappa shape index (κ3) is 6.24. The quantitative estimate of drug-likeness (QED) is 0.375. The number of amides is 1. The third-order valence-corrected chi connectivity index (χ3v) is 5.92. The largest absolute Gasteiger partial charge is 0.482 e. The summed E-state index contributed by atoms with van der Waals surface area (Å²) in [6.45, 7) is 4.59. The molecule has 0 aromatic heterocycles. The lowest BCUT2D eigenvalue weighted by Gasteiger charge is -2.36. The van der Waals surface area contributed by atoms with Gasteiger partial charge in [0.25, 0.3) is 11.6 Å². The maximum absolute atomic E-state index is 12.2. The number of non-ortho nitro benzene ring substituents is 1. The first-order valence-corrected chi connectivity index (χ1v) is 11.3. The van der Waals surface area contributed by atoms with Crippen LogP contribution in [0.25, 0.3) is 0 Å². The molecule has 1 heterocycles. The van der Waals surface area contributed by atoms with E-state index in [9.17, 15) is 14.9 Å². The van der Waals surface area contributed by atoms with Gasteiger partial charge in [0.2, 0.25) is 0 Å². The first-order valence-electron chi connectivity index (χ1n) is 11.0. The van der Waals surface area contributed by atoms with E-state index in [2.05, 4.69) is 39.4 Å². The predicted octanol–water partition coefficient (Wildman–Crippen LogP) is 4.59. The first kappa shape index (κ1) is 23.5. The minimum Gasteiger partial charge on any atom is -0.482 e. The Hall–Kier alpha value is -3.62. The highest BCUT2D eigenvalue weighted by molar-refractivity contribution is 6.32. The number of nitrogens with zero attached hydrogens (tertiary/aromatic N) is 3. The van der Waals surface area contributed by atoms with Crippen LogP contribution in [-0.2, 0) is 11.3 Å². The molecule has 4 rings (SSSR count). The molecule has 1 N–H and O–H groups in total. The molecule has 0 bridgehead atoms. The van der Waals surface area contributed by atoms with Crippen molar-refractivity contribution in [2.75, 3.05) is 43.0 Å². The predicted molar refractivity (Wildman–Crippen MR) is 133 cm³/mol. The van der Waals surface area contributed by atoms with E-state index in [1.54, 1.807) is 0 Å². The molecule has 0 spiro atoms. The highest BCUT2D eigenvalue weighted by Crippen LogP contribution is 2.28. The van der Waals surface area contributed by atoms with Gasteiger partial charge in [-0.3, -0.25) is 19.8 Å². The van der Waals surface area contributed by atoms with Gasteiger partial charge in [-0.1, -0.05) is 41.9 Å². The molecular formula is C25H25ClN4O4. The molecule has 176 valence electrons. The molecule has 0 aliphatic carbocycles. The van der Waals surface area contributed by atoms with Gasteiger partial charge < -0.3 is 15.0 Å². The summed E-state index contributed by atoms with van der Waals surface area (Å²) in [5, 5.41) is 13.6. The number of anilines is 2. The molecule has 3 aromatic carbocycles. The van der Waals surface area contributed by atoms with Crippen molar-refractivity contribution in [3.63, 3.8) is 0 Å². The Morgan fingerprint density at radius 1 is 1.00 bits per heavy atom. The number of nitrogens with one attached hydrogen (secondary N) is 1. The molecular weight excluding hydrogens is 456 g/mol. The number of ether oxygens (including phenoxy) is 1. The minimum absolute atomic E-state index is 0.0789. The Balaban J connectivity index is 1.24. The molecule has 1 saturated heterocycles. The molecule has 1 amide bonds. The van der Waals surface area contributed by atoms with Gasteiger partial charge in [0.1, 0.15) is 5.75 Å². The average Bonchev–Trinajstić information content (AvgIpc) is 2.85. The molecule has 8 nitrogen and oxygen atoms in total. The number of hydrogen-bond acceptors (Lipinski definition) is 6. The molecule has 0 saturated carbocycles. The third-order valence-electron chi connectivity index (χ3n) is 5.62. The smallest absolute Gasteiger partial charge is 0.271 e. The van der Waals surface area contributed by atoms with Crippen LogP contribution in [0.4, 0.5) is 17.1 Å². The number of hydrogen-bond donors (Lipinski definition) is 1. The summed E-state index contributed by atoms with van der Waals surface area (Å²) < 4.78 is 5.40. The molecule has 1 fully saturated rings. The maximum atomic E-state index is 12.2. The highest BCUT2D eigenvalue weighted by Gasteiger charge is 2.17. The van der Waals surface area contributed by atoms with Crippen molar-refractivity contribution in [3.8, 4) is 5.75 Å². The molecule has 0 unspecified atom stereocenters. The molecule has 0 radical (unpaired) electrons. The topological polar surface area (TPSA) is 87.9 Å². The molecule has 1 aliphatic heterocycles. The van der Waals surface area contributed by atoms with Crippen LogP contribution in [0.1, 0.15) is 5.56 Å². The van der Waals surface area contributed by atoms with E-state index in [0.29, 0.717) is 5.69 Å². The fourth-order valence-electron chi connectivity index (χ4n) is 3.82. The van der Waals surface area contributed by atoms with E-state index in [4.69, 9.17) is 16.3 Å². The van der Waals surface area contributed by atoms with Crippen LogP contribution in [0, 0.1) is 10.1 Å². The van der Waals surface area contributed by atoms with Gasteiger partial charge in [-0.25, -0.2) is 0 Å². The van der Waals surface area contributed by atoms with Crippen molar-refractivity contribution in [3.05, 3.63) is 93.5 Å². The van der Waals surface area contributed by atoms with E-state index in [-0.39, 0.29) is 29.0 Å². The zero-order valence-electron chi connectivity index (χ0n) is 18.5. The van der Waals surface area contributed by atoms with Crippen molar-refractivity contribution in [2.45, 2.75) is 6.54 Å². The van der Waals surface area contributed by atoms with E-state index in [0.717, 1.165) is 38.4 Å². The van der Waals surface area contributed by atoms with Crippen LogP contribution in [-0.4, -0.2) is 48.5 Å². The summed E-state index contributed by atoms with van der Waals surface area (Å²) in [7, 11) is 0. The van der Waals surface area contributed by atoms with Gasteiger partial charge >= 0.3 is 0 Å². The van der Waals surface area contributed by atoms with E-state index < -0.39 is 4.92 Å². The lowest BCUT2D eigenvalue weighted by molar-refractivity contribution is -0.384. The summed E-state index contributed by atoms with van der Waals surface area (Å²) in [4.78, 5) is 27.3. The number of rotatable bonds is 8. The summed E-state index contributed by atoms with van der Waals surface area (Å²) in [5.74, 6) is -0.138. The van der Waals surface area contributed by atoms with Crippen LogP contribution in [0.2, 0.25) is 5.02 Å². The van der Waals surface area contributed by atoms with Crippen LogP contribution in [0.5, 0.6) is 5.75 Å². The fourth-order valence-corrected chi connectivity index (χ4v) is 4.05. The summed E-state index contributed by atoms with van der Waals surface area (Å²) >= 11 is 5.99. The Kier molecular flexibility index (Phi) is 7.61. The number of benzene rings is 3. The number of nitro benzene ring substituents is 1. The maximum Gasteiger partial charge on any atom is 0.271 e. The Bertz CT molecular complexity index is 1130. The molecule has 34 heavy (non-hydrogen) atoms. The molecule has 1 aliphatic rings. The number of carbonyl (C=O) groups excluding carboxylic acids is 1. The number of halogens is 1. The van der Waals surface area contributed by atoms with Gasteiger partial charge in [0.05, 0.1) is 9.95 Å². The van der Waals surface area contributed by atoms with Crippen molar-refractivity contribution in [2.24, 2.45) is 0 Å². The molecule has 9 heteroatoms. The normalized spacial score (nSPS) is 14.0. The Morgan fingerprint density at radius 2 is 1.71 bits per heavy atom. The second-order valence-corrected chi connectivity index (χ2v) is 8.41. The second kappa shape index (κ2) is 11.0. The van der Waals surface area contributed by atoms with Crippen molar-refractivity contribution >= 4 is 34.6 Å². The van der Waals surface area contributed by atoms with Gasteiger partial charge in [-0.15, -0.1) is 0 Å². The number of piperazine rings is 1. The lowest BCUT2D eigenvalue weighted by atomic mass is 10.2. The van der Waals surface area contributed by atoms with E-state index in [1.807, 2.05) is 30.3 Å². The highest BCUT2D eigenvalue weighted by atomic mass is 35.5. The van der Waals surface area contributed by atoms with Crippen LogP contribution >= 0.6 is 11.6 Å². The summed E-state index contributed by atoms with van der Waals surface area (Å²) in [6, 6.07) is 22.1.